The van der Waals surface area contributed by atoms with Gasteiger partial charge in [-0.25, -0.2) is 9.59 Å². The number of aliphatic carboxylic acids is 1. The third kappa shape index (κ3) is 8.06. The van der Waals surface area contributed by atoms with Gasteiger partial charge in [-0.15, -0.1) is 0 Å². The van der Waals surface area contributed by atoms with E-state index in [0.29, 0.717) is 6.42 Å². The van der Waals surface area contributed by atoms with Gasteiger partial charge >= 0.3 is 12.1 Å². The minimum atomic E-state index is -1.38. The number of hydrogen-bond donors (Lipinski definition) is 4. The van der Waals surface area contributed by atoms with E-state index in [0.717, 1.165) is 5.56 Å². The van der Waals surface area contributed by atoms with E-state index in [1.807, 2.05) is 37.3 Å². The Morgan fingerprint density at radius 3 is 2.27 bits per heavy atom. The molecule has 0 aliphatic heterocycles. The molecule has 10 heteroatoms. The SMILES string of the molecule is C[C@@H](Cc1ccccc1)NC(=O)OC[n+]1ccc(C(=O)N[C@@H](CO)C(=O)O)cc1.[Cl-]. The first-order chi connectivity index (χ1) is 13.9. The molecule has 2 amide bonds. The molecule has 1 aromatic heterocycles. The molecule has 1 aromatic carbocycles. The molecule has 0 unspecified atom stereocenters. The zero-order valence-electron chi connectivity index (χ0n) is 16.3. The average molecular weight is 438 g/mol. The molecule has 0 radical (unpaired) electrons. The number of rotatable bonds is 9. The molecule has 9 nitrogen and oxygen atoms in total. The summed E-state index contributed by atoms with van der Waals surface area (Å²) in [7, 11) is 0. The molecule has 2 rings (SSSR count). The highest BCUT2D eigenvalue weighted by atomic mass is 35.5. The summed E-state index contributed by atoms with van der Waals surface area (Å²) in [6.45, 7) is 1.12. The number of benzene rings is 1. The standard InChI is InChI=1S/C20H23N3O6.ClH/c1-14(11-15-5-3-2-4-6-15)21-20(28)29-13-23-9-7-16(8-10-23)18(25)22-17(12-24)19(26)27;/h2-10,14,17,24H,11-13H2,1H3,(H2-,21,22,25,26,27,28);1H/t14-,17-;/m0./s1. The van der Waals surface area contributed by atoms with E-state index in [-0.39, 0.29) is 30.7 Å². The van der Waals surface area contributed by atoms with Crippen LogP contribution in [0.4, 0.5) is 4.79 Å². The number of aromatic nitrogens is 1. The van der Waals surface area contributed by atoms with E-state index in [1.165, 1.54) is 24.5 Å². The van der Waals surface area contributed by atoms with Crippen LogP contribution in [0.25, 0.3) is 0 Å². The number of nitrogens with one attached hydrogen (secondary N) is 2. The van der Waals surface area contributed by atoms with Crippen molar-refractivity contribution >= 4 is 18.0 Å². The second-order valence-corrected chi connectivity index (χ2v) is 6.44. The van der Waals surface area contributed by atoms with Crippen LogP contribution < -0.4 is 27.6 Å². The number of ether oxygens (including phenoxy) is 1. The smallest absolute Gasteiger partial charge is 0.412 e. The van der Waals surface area contributed by atoms with Crippen molar-refractivity contribution in [1.29, 1.82) is 0 Å². The summed E-state index contributed by atoms with van der Waals surface area (Å²) in [5.74, 6) is -1.96. The number of aliphatic hydroxyl groups excluding tert-OH is 1. The average Bonchev–Trinajstić information content (AvgIpc) is 2.71. The van der Waals surface area contributed by atoms with Gasteiger partial charge < -0.3 is 38.0 Å². The van der Waals surface area contributed by atoms with Crippen LogP contribution >= 0.6 is 0 Å². The number of carboxylic acids is 1. The number of hydrogen-bond acceptors (Lipinski definition) is 5. The first-order valence-corrected chi connectivity index (χ1v) is 9.00. The van der Waals surface area contributed by atoms with Gasteiger partial charge in [0.1, 0.15) is 0 Å². The van der Waals surface area contributed by atoms with Gasteiger partial charge in [0, 0.05) is 18.2 Å². The fraction of sp³-hybridized carbons (Fsp3) is 0.300. The van der Waals surface area contributed by atoms with Crippen LogP contribution in [0, 0.1) is 0 Å². The molecule has 2 aromatic rings. The number of carboxylic acid groups (broad SMARTS) is 1. The van der Waals surface area contributed by atoms with Crippen LogP contribution in [0.3, 0.4) is 0 Å². The number of nitrogens with zero attached hydrogens (tertiary/aromatic N) is 1. The summed E-state index contributed by atoms with van der Waals surface area (Å²) in [5, 5.41) is 22.7. The predicted octanol–water partition coefficient (Wildman–Crippen LogP) is -2.53. The lowest BCUT2D eigenvalue weighted by Crippen LogP contribution is -3.00. The van der Waals surface area contributed by atoms with Crippen molar-refractivity contribution in [2.75, 3.05) is 6.61 Å². The van der Waals surface area contributed by atoms with Crippen LogP contribution in [0.15, 0.2) is 54.9 Å². The van der Waals surface area contributed by atoms with Gasteiger partial charge in [-0.05, 0) is 18.9 Å². The van der Waals surface area contributed by atoms with E-state index in [1.54, 1.807) is 4.57 Å². The zero-order valence-corrected chi connectivity index (χ0v) is 17.1. The lowest BCUT2D eigenvalue weighted by molar-refractivity contribution is -0.727. The molecule has 0 saturated heterocycles. The van der Waals surface area contributed by atoms with Crippen molar-refractivity contribution in [1.82, 2.24) is 10.6 Å². The fourth-order valence-corrected chi connectivity index (χ4v) is 2.52. The number of aliphatic hydroxyl groups is 1. The second-order valence-electron chi connectivity index (χ2n) is 6.44. The predicted molar refractivity (Wildman–Crippen MR) is 102 cm³/mol. The molecule has 1 heterocycles. The maximum Gasteiger partial charge on any atom is 0.412 e. The molecule has 0 saturated carbocycles. The summed E-state index contributed by atoms with van der Waals surface area (Å²) < 4.78 is 6.69. The lowest BCUT2D eigenvalue weighted by atomic mass is 10.1. The van der Waals surface area contributed by atoms with Crippen molar-refractivity contribution in [3.05, 3.63) is 66.0 Å². The highest BCUT2D eigenvalue weighted by Gasteiger charge is 2.20. The minimum absolute atomic E-state index is 0. The first kappa shape index (κ1) is 24.9. The van der Waals surface area contributed by atoms with Crippen LogP contribution in [0.1, 0.15) is 22.8 Å². The van der Waals surface area contributed by atoms with Gasteiger partial charge in [0.2, 0.25) is 0 Å². The normalized spacial score (nSPS) is 12.1. The van der Waals surface area contributed by atoms with Gasteiger partial charge in [-0.2, -0.15) is 4.57 Å². The number of alkyl carbamates (subject to hydrolysis) is 1. The summed E-state index contributed by atoms with van der Waals surface area (Å²) >= 11 is 0. The van der Waals surface area contributed by atoms with E-state index < -0.39 is 30.6 Å². The van der Waals surface area contributed by atoms with Gasteiger partial charge in [-0.1, -0.05) is 30.3 Å². The van der Waals surface area contributed by atoms with Crippen molar-refractivity contribution < 1.29 is 46.3 Å². The van der Waals surface area contributed by atoms with Crippen LogP contribution in [-0.2, 0) is 22.7 Å². The Kier molecular flexibility index (Phi) is 10.3. The van der Waals surface area contributed by atoms with E-state index >= 15 is 0 Å². The highest BCUT2D eigenvalue weighted by molar-refractivity contribution is 5.96. The summed E-state index contributed by atoms with van der Waals surface area (Å²) in [6.07, 6.45) is 3.15. The van der Waals surface area contributed by atoms with Gasteiger partial charge in [0.15, 0.2) is 18.4 Å². The van der Waals surface area contributed by atoms with Crippen molar-refractivity contribution in [3.8, 4) is 0 Å². The molecular weight excluding hydrogens is 414 g/mol. The molecule has 2 atom stereocenters. The maximum atomic E-state index is 12.0. The first-order valence-electron chi connectivity index (χ1n) is 9.00. The van der Waals surface area contributed by atoms with Gasteiger partial charge in [0.05, 0.1) is 12.2 Å². The Bertz CT molecular complexity index is 832. The third-order valence-corrected chi connectivity index (χ3v) is 4.03. The number of halogens is 1. The Morgan fingerprint density at radius 1 is 1.07 bits per heavy atom. The largest absolute Gasteiger partial charge is 1.00 e. The lowest BCUT2D eigenvalue weighted by Gasteiger charge is -2.13. The molecule has 4 N–H and O–H groups in total. The van der Waals surface area contributed by atoms with E-state index in [2.05, 4.69) is 10.6 Å². The minimum Gasteiger partial charge on any atom is -1.00 e. The van der Waals surface area contributed by atoms with Gasteiger partial charge in [-0.3, -0.25) is 4.79 Å². The molecule has 0 aliphatic rings. The highest BCUT2D eigenvalue weighted by Crippen LogP contribution is 2.03. The van der Waals surface area contributed by atoms with E-state index in [9.17, 15) is 14.4 Å². The number of carbonyl (C=O) groups excluding carboxylic acids is 2. The number of amides is 2. The number of carbonyl (C=O) groups is 3. The Labute approximate surface area is 180 Å². The Balaban J connectivity index is 0.00000450. The van der Waals surface area contributed by atoms with Crippen molar-refractivity contribution in [2.24, 2.45) is 0 Å². The summed E-state index contributed by atoms with van der Waals surface area (Å²) in [5.41, 5.74) is 1.32. The molecule has 0 aliphatic carbocycles. The molecule has 30 heavy (non-hydrogen) atoms. The topological polar surface area (TPSA) is 129 Å². The quantitative estimate of drug-likeness (QED) is 0.320. The zero-order chi connectivity index (χ0) is 21.2. The van der Waals surface area contributed by atoms with Crippen LogP contribution in [0.5, 0.6) is 0 Å². The Hall–Kier alpha value is -3.17. The van der Waals surface area contributed by atoms with Crippen molar-refractivity contribution in [2.45, 2.75) is 32.2 Å². The summed E-state index contributed by atoms with van der Waals surface area (Å²) in [6, 6.07) is 11.2. The number of pyridine rings is 1. The maximum absolute atomic E-state index is 12.0. The molecular formula is C20H24ClN3O6. The van der Waals surface area contributed by atoms with Crippen molar-refractivity contribution in [3.63, 3.8) is 0 Å². The third-order valence-electron chi connectivity index (χ3n) is 4.03. The molecule has 162 valence electrons. The molecule has 0 spiro atoms. The molecule has 0 bridgehead atoms. The van der Waals surface area contributed by atoms with Crippen LogP contribution in [-0.4, -0.2) is 46.9 Å². The second kappa shape index (κ2) is 12.4. The Morgan fingerprint density at radius 2 is 1.70 bits per heavy atom. The van der Waals surface area contributed by atoms with Gasteiger partial charge in [0.25, 0.3) is 12.6 Å². The van der Waals surface area contributed by atoms with Crippen LogP contribution in [0.2, 0.25) is 0 Å². The summed E-state index contributed by atoms with van der Waals surface area (Å²) in [4.78, 5) is 34.7. The fourth-order valence-electron chi connectivity index (χ4n) is 2.52. The molecule has 0 fully saturated rings. The van der Waals surface area contributed by atoms with E-state index in [4.69, 9.17) is 14.9 Å². The monoisotopic (exact) mass is 437 g/mol.